The molecule has 0 aliphatic carbocycles. The molecule has 0 unspecified atom stereocenters. The molecule has 2 aliphatic heterocycles. The second kappa shape index (κ2) is 6.74. The molecule has 1 amide bonds. The number of benzene rings is 1. The maximum atomic E-state index is 12.9. The number of carbonyl (C=O) groups is 2. The van der Waals surface area contributed by atoms with Crippen molar-refractivity contribution in [2.24, 2.45) is 11.3 Å². The Morgan fingerprint density at radius 3 is 2.89 bits per heavy atom. The summed E-state index contributed by atoms with van der Waals surface area (Å²) >= 11 is 0. The fourth-order valence-corrected chi connectivity index (χ4v) is 4.05. The number of carboxylic acid groups (broad SMARTS) is 1. The zero-order chi connectivity index (χ0) is 19.0. The molecule has 0 radical (unpaired) electrons. The Morgan fingerprint density at radius 1 is 1.30 bits per heavy atom. The molecule has 1 aromatic heterocycles. The van der Waals surface area contributed by atoms with E-state index in [1.165, 1.54) is 0 Å². The van der Waals surface area contributed by atoms with Crippen LogP contribution in [0.15, 0.2) is 40.8 Å². The molecule has 1 aromatic carbocycles. The monoisotopic (exact) mass is 371 g/mol. The van der Waals surface area contributed by atoms with Gasteiger partial charge in [-0.25, -0.2) is 0 Å². The second-order valence-corrected chi connectivity index (χ2v) is 7.14. The van der Waals surface area contributed by atoms with Gasteiger partial charge in [-0.1, -0.05) is 18.2 Å². The number of likely N-dealkylation sites (tertiary alicyclic amines) is 1. The highest BCUT2D eigenvalue weighted by atomic mass is 16.5. The van der Waals surface area contributed by atoms with E-state index in [0.29, 0.717) is 18.7 Å². The van der Waals surface area contributed by atoms with E-state index in [2.05, 4.69) is 0 Å². The normalized spacial score (nSPS) is 23.9. The summed E-state index contributed by atoms with van der Waals surface area (Å²) in [5, 5.41) is 10.1. The summed E-state index contributed by atoms with van der Waals surface area (Å²) in [5.41, 5.74) is -0.207. The molecule has 2 aliphatic rings. The van der Waals surface area contributed by atoms with Crippen LogP contribution in [0.3, 0.4) is 0 Å². The van der Waals surface area contributed by atoms with Gasteiger partial charge in [-0.2, -0.15) is 0 Å². The van der Waals surface area contributed by atoms with Gasteiger partial charge in [-0.05, 0) is 30.2 Å². The van der Waals surface area contributed by atoms with Crippen molar-refractivity contribution in [2.75, 3.05) is 26.8 Å². The third-order valence-electron chi connectivity index (χ3n) is 5.49. The average molecular weight is 371 g/mol. The number of hydrogen-bond donors (Lipinski definition) is 1. The van der Waals surface area contributed by atoms with Crippen molar-refractivity contribution < 1.29 is 28.6 Å². The topological polar surface area (TPSA) is 89.2 Å². The highest BCUT2D eigenvalue weighted by Crippen LogP contribution is 2.44. The number of nitrogens with zero attached hydrogens (tertiary/aromatic N) is 1. The number of fused-ring (bicyclic) bond motifs is 2. The molecule has 0 saturated carbocycles. The summed E-state index contributed by atoms with van der Waals surface area (Å²) in [5.74, 6) is -0.0257. The lowest BCUT2D eigenvalue weighted by atomic mass is 9.74. The summed E-state index contributed by atoms with van der Waals surface area (Å²) in [7, 11) is 1.55. The van der Waals surface area contributed by atoms with Gasteiger partial charge >= 0.3 is 5.97 Å². The van der Waals surface area contributed by atoms with Crippen LogP contribution in [-0.4, -0.2) is 48.7 Å². The molecule has 7 heteroatoms. The molecule has 1 N–H and O–H groups in total. The number of aliphatic carboxylic acids is 1. The molecule has 7 nitrogen and oxygen atoms in total. The van der Waals surface area contributed by atoms with Gasteiger partial charge in [0.05, 0.1) is 12.0 Å². The van der Waals surface area contributed by atoms with Crippen LogP contribution in [0.2, 0.25) is 0 Å². The van der Waals surface area contributed by atoms with Crippen molar-refractivity contribution in [3.63, 3.8) is 0 Å². The van der Waals surface area contributed by atoms with Crippen molar-refractivity contribution in [1.29, 1.82) is 0 Å². The van der Waals surface area contributed by atoms with E-state index in [4.69, 9.17) is 13.9 Å². The molecule has 142 valence electrons. The van der Waals surface area contributed by atoms with E-state index in [-0.39, 0.29) is 37.3 Å². The Labute approximate surface area is 156 Å². The van der Waals surface area contributed by atoms with Crippen molar-refractivity contribution in [2.45, 2.75) is 13.0 Å². The third-order valence-corrected chi connectivity index (χ3v) is 5.49. The Balaban J connectivity index is 1.61. The predicted molar refractivity (Wildman–Crippen MR) is 94.5 cm³/mol. The van der Waals surface area contributed by atoms with Crippen molar-refractivity contribution in [3.8, 4) is 5.75 Å². The summed E-state index contributed by atoms with van der Waals surface area (Å²) in [6, 6.07) is 10.8. The lowest BCUT2D eigenvalue weighted by molar-refractivity contribution is -0.150. The third kappa shape index (κ3) is 2.98. The highest BCUT2D eigenvalue weighted by Gasteiger charge is 2.55. The Morgan fingerprint density at radius 2 is 2.11 bits per heavy atom. The number of para-hydroxylation sites is 1. The van der Waals surface area contributed by atoms with Crippen LogP contribution in [0.4, 0.5) is 0 Å². The maximum Gasteiger partial charge on any atom is 0.312 e. The maximum absolute atomic E-state index is 12.9. The highest BCUT2D eigenvalue weighted by molar-refractivity contribution is 5.92. The van der Waals surface area contributed by atoms with Gasteiger partial charge < -0.3 is 23.9 Å². The molecule has 27 heavy (non-hydrogen) atoms. The van der Waals surface area contributed by atoms with E-state index in [1.807, 2.05) is 24.3 Å². The van der Waals surface area contributed by atoms with Gasteiger partial charge in [-0.3, -0.25) is 9.59 Å². The standard InChI is InChI=1S/C20H21NO6/c1-25-11-15-6-7-17(27-15)18(22)21-9-14-10-26-16-5-3-2-4-13(16)8-20(14,12-21)19(23)24/h2-7,14H,8-12H2,1H3,(H,23,24)/t14-,20+/m1/s1. The number of carboxylic acids is 1. The smallest absolute Gasteiger partial charge is 0.312 e. The minimum atomic E-state index is -1.07. The lowest BCUT2D eigenvalue weighted by Crippen LogP contribution is -2.42. The van der Waals surface area contributed by atoms with Gasteiger partial charge in [0.15, 0.2) is 5.76 Å². The first-order valence-corrected chi connectivity index (χ1v) is 8.84. The number of hydrogen-bond acceptors (Lipinski definition) is 5. The second-order valence-electron chi connectivity index (χ2n) is 7.14. The Hall–Kier alpha value is -2.80. The van der Waals surface area contributed by atoms with Gasteiger partial charge in [0.1, 0.15) is 18.1 Å². The van der Waals surface area contributed by atoms with Crippen LogP contribution >= 0.6 is 0 Å². The Kier molecular flexibility index (Phi) is 4.39. The number of ether oxygens (including phenoxy) is 2. The summed E-state index contributed by atoms with van der Waals surface area (Å²) in [6.07, 6.45) is 0.333. The van der Waals surface area contributed by atoms with Crippen molar-refractivity contribution in [3.05, 3.63) is 53.5 Å². The molecule has 0 bridgehead atoms. The van der Waals surface area contributed by atoms with Gasteiger partial charge in [-0.15, -0.1) is 0 Å². The minimum Gasteiger partial charge on any atom is -0.493 e. The first-order valence-electron chi connectivity index (χ1n) is 8.84. The van der Waals surface area contributed by atoms with E-state index >= 15 is 0 Å². The predicted octanol–water partition coefficient (Wildman–Crippen LogP) is 2.20. The number of furan rings is 1. The molecule has 3 heterocycles. The minimum absolute atomic E-state index is 0.129. The van der Waals surface area contributed by atoms with Crippen LogP contribution in [-0.2, 0) is 22.6 Å². The van der Waals surface area contributed by atoms with E-state index in [9.17, 15) is 14.7 Å². The van der Waals surface area contributed by atoms with Gasteiger partial charge in [0.25, 0.3) is 5.91 Å². The van der Waals surface area contributed by atoms with E-state index < -0.39 is 11.4 Å². The molecule has 1 fully saturated rings. The number of methoxy groups -OCH3 is 1. The largest absolute Gasteiger partial charge is 0.493 e. The van der Waals surface area contributed by atoms with Gasteiger partial charge in [0.2, 0.25) is 0 Å². The molecular formula is C20H21NO6. The molecule has 1 saturated heterocycles. The zero-order valence-corrected chi connectivity index (χ0v) is 15.0. The van der Waals surface area contributed by atoms with E-state index in [1.54, 1.807) is 24.1 Å². The Bertz CT molecular complexity index is 875. The summed E-state index contributed by atoms with van der Waals surface area (Å²) < 4.78 is 16.4. The van der Waals surface area contributed by atoms with Crippen LogP contribution in [0.5, 0.6) is 5.75 Å². The molecule has 4 rings (SSSR count). The zero-order valence-electron chi connectivity index (χ0n) is 15.0. The van der Waals surface area contributed by atoms with Crippen molar-refractivity contribution in [1.82, 2.24) is 4.90 Å². The van der Waals surface area contributed by atoms with Crippen LogP contribution in [0, 0.1) is 11.3 Å². The number of rotatable bonds is 4. The SMILES string of the molecule is COCc1ccc(C(=O)N2C[C@@H]3COc4ccccc4C[C@]3(C(=O)O)C2)o1. The van der Waals surface area contributed by atoms with Crippen LogP contribution in [0.25, 0.3) is 0 Å². The fraction of sp³-hybridized carbons (Fsp3) is 0.400. The van der Waals surface area contributed by atoms with E-state index in [0.717, 1.165) is 11.3 Å². The molecule has 0 spiro atoms. The fourth-order valence-electron chi connectivity index (χ4n) is 4.05. The quantitative estimate of drug-likeness (QED) is 0.886. The number of amides is 1. The summed E-state index contributed by atoms with van der Waals surface area (Å²) in [6.45, 7) is 0.989. The first-order chi connectivity index (χ1) is 13.0. The molecular weight excluding hydrogens is 350 g/mol. The van der Waals surface area contributed by atoms with Crippen LogP contribution in [0.1, 0.15) is 21.9 Å². The summed E-state index contributed by atoms with van der Waals surface area (Å²) in [4.78, 5) is 26.7. The number of carbonyl (C=O) groups excluding carboxylic acids is 1. The first kappa shape index (κ1) is 17.6. The van der Waals surface area contributed by atoms with Crippen LogP contribution < -0.4 is 4.74 Å². The molecule has 2 atom stereocenters. The lowest BCUT2D eigenvalue weighted by Gasteiger charge is -2.27. The van der Waals surface area contributed by atoms with Gasteiger partial charge in [0, 0.05) is 26.1 Å². The van der Waals surface area contributed by atoms with Crippen molar-refractivity contribution >= 4 is 11.9 Å². The average Bonchev–Trinajstić information content (AvgIpc) is 3.23. The molecule has 2 aromatic rings.